The quantitative estimate of drug-likeness (QED) is 0.708. The highest BCUT2D eigenvalue weighted by molar-refractivity contribution is 5.21. The van der Waals surface area contributed by atoms with E-state index in [0.717, 1.165) is 11.3 Å². The van der Waals surface area contributed by atoms with Crippen LogP contribution in [0.4, 0.5) is 0 Å². The summed E-state index contributed by atoms with van der Waals surface area (Å²) in [6.07, 6.45) is 1.72. The largest absolute Gasteiger partial charge is 0.301 e. The minimum absolute atomic E-state index is 0.252. The van der Waals surface area contributed by atoms with E-state index in [0.29, 0.717) is 0 Å². The van der Waals surface area contributed by atoms with Crippen LogP contribution in [0.3, 0.4) is 0 Å². The lowest BCUT2D eigenvalue weighted by molar-refractivity contribution is 0.723. The molecule has 0 radical (unpaired) electrons. The lowest BCUT2D eigenvalue weighted by Crippen LogP contribution is -2.14. The molecule has 1 rings (SSSR count). The number of pyridine rings is 1. The molecule has 0 aliphatic carbocycles. The maximum atomic E-state index is 8.71. The Labute approximate surface area is 72.1 Å². The maximum absolute atomic E-state index is 8.71. The molecular weight excluding hydrogens is 150 g/mol. The van der Waals surface area contributed by atoms with E-state index >= 15 is 0 Å². The Morgan fingerprint density at radius 2 is 2.33 bits per heavy atom. The molecule has 0 fully saturated rings. The van der Waals surface area contributed by atoms with Crippen LogP contribution in [0, 0.1) is 18.3 Å². The van der Waals surface area contributed by atoms with Gasteiger partial charge in [-0.25, -0.2) is 0 Å². The Morgan fingerprint density at radius 1 is 1.58 bits per heavy atom. The van der Waals surface area contributed by atoms with Gasteiger partial charge in [-0.1, -0.05) is 6.07 Å². The predicted molar refractivity (Wildman–Crippen MR) is 46.4 cm³/mol. The fraction of sp³-hybridized carbons (Fsp3) is 0.333. The normalized spacial score (nSPS) is 12.1. The molecule has 1 unspecified atom stereocenters. The van der Waals surface area contributed by atoms with Crippen LogP contribution in [-0.2, 0) is 0 Å². The molecule has 62 valence electrons. The molecule has 0 saturated carbocycles. The SMILES string of the molecule is CNC(C#N)c1ccc(C)nc1. The zero-order valence-electron chi connectivity index (χ0n) is 7.20. The number of hydrogen-bond donors (Lipinski definition) is 1. The number of aryl methyl sites for hydroxylation is 1. The third kappa shape index (κ3) is 1.80. The van der Waals surface area contributed by atoms with E-state index in [9.17, 15) is 0 Å². The summed E-state index contributed by atoms with van der Waals surface area (Å²) in [6, 6.07) is 5.69. The molecule has 0 saturated heterocycles. The molecule has 3 nitrogen and oxygen atoms in total. The Bertz CT molecular complexity index is 284. The first-order chi connectivity index (χ1) is 5.77. The lowest BCUT2D eigenvalue weighted by atomic mass is 10.1. The van der Waals surface area contributed by atoms with Crippen LogP contribution in [0.15, 0.2) is 18.3 Å². The van der Waals surface area contributed by atoms with Crippen molar-refractivity contribution in [2.24, 2.45) is 0 Å². The molecule has 1 aromatic rings. The fourth-order valence-electron chi connectivity index (χ4n) is 0.956. The monoisotopic (exact) mass is 161 g/mol. The number of rotatable bonds is 2. The summed E-state index contributed by atoms with van der Waals surface area (Å²) < 4.78 is 0. The summed E-state index contributed by atoms with van der Waals surface area (Å²) >= 11 is 0. The molecule has 0 bridgehead atoms. The van der Waals surface area contributed by atoms with Crippen molar-refractivity contribution in [3.05, 3.63) is 29.6 Å². The summed E-state index contributed by atoms with van der Waals surface area (Å²) in [7, 11) is 1.76. The number of nitriles is 1. The van der Waals surface area contributed by atoms with Crippen molar-refractivity contribution in [2.45, 2.75) is 13.0 Å². The van der Waals surface area contributed by atoms with Gasteiger partial charge >= 0.3 is 0 Å². The molecule has 3 heteroatoms. The highest BCUT2D eigenvalue weighted by atomic mass is 14.9. The standard InChI is InChI=1S/C9H11N3/c1-7-3-4-8(6-12-7)9(5-10)11-2/h3-4,6,9,11H,1-2H3. The molecule has 1 N–H and O–H groups in total. The molecule has 12 heavy (non-hydrogen) atoms. The second-order valence-corrected chi connectivity index (χ2v) is 2.58. The van der Waals surface area contributed by atoms with Crippen LogP contribution in [0.25, 0.3) is 0 Å². The van der Waals surface area contributed by atoms with Gasteiger partial charge in [0.1, 0.15) is 6.04 Å². The van der Waals surface area contributed by atoms with Crippen LogP contribution in [-0.4, -0.2) is 12.0 Å². The van der Waals surface area contributed by atoms with E-state index in [1.165, 1.54) is 0 Å². The highest BCUT2D eigenvalue weighted by Gasteiger charge is 2.05. The van der Waals surface area contributed by atoms with Gasteiger partial charge in [-0.05, 0) is 20.0 Å². The summed E-state index contributed by atoms with van der Waals surface area (Å²) in [5, 5.41) is 11.6. The van der Waals surface area contributed by atoms with Gasteiger partial charge in [0.15, 0.2) is 0 Å². The van der Waals surface area contributed by atoms with Gasteiger partial charge in [-0.15, -0.1) is 0 Å². The summed E-state index contributed by atoms with van der Waals surface area (Å²) in [6.45, 7) is 1.92. The van der Waals surface area contributed by atoms with Crippen LogP contribution in [0.2, 0.25) is 0 Å². The van der Waals surface area contributed by atoms with Crippen LogP contribution >= 0.6 is 0 Å². The van der Waals surface area contributed by atoms with Crippen LogP contribution in [0.1, 0.15) is 17.3 Å². The van der Waals surface area contributed by atoms with Crippen LogP contribution < -0.4 is 5.32 Å². The number of aromatic nitrogens is 1. The van der Waals surface area contributed by atoms with Crippen LogP contribution in [0.5, 0.6) is 0 Å². The molecule has 0 aromatic carbocycles. The number of nitrogens with zero attached hydrogens (tertiary/aromatic N) is 2. The number of hydrogen-bond acceptors (Lipinski definition) is 3. The summed E-state index contributed by atoms with van der Waals surface area (Å²) in [4.78, 5) is 4.10. The average molecular weight is 161 g/mol. The van der Waals surface area contributed by atoms with Crippen molar-refractivity contribution < 1.29 is 0 Å². The smallest absolute Gasteiger partial charge is 0.122 e. The second kappa shape index (κ2) is 3.84. The topological polar surface area (TPSA) is 48.7 Å². The molecule has 1 atom stereocenters. The van der Waals surface area contributed by atoms with Crippen molar-refractivity contribution in [1.82, 2.24) is 10.3 Å². The van der Waals surface area contributed by atoms with Crippen molar-refractivity contribution in [1.29, 1.82) is 5.26 Å². The van der Waals surface area contributed by atoms with Gasteiger partial charge in [0.25, 0.3) is 0 Å². The van der Waals surface area contributed by atoms with E-state index in [4.69, 9.17) is 5.26 Å². The second-order valence-electron chi connectivity index (χ2n) is 2.58. The minimum Gasteiger partial charge on any atom is -0.301 e. The Hall–Kier alpha value is -1.40. The fourth-order valence-corrected chi connectivity index (χ4v) is 0.956. The van der Waals surface area contributed by atoms with Gasteiger partial charge < -0.3 is 5.32 Å². The molecular formula is C9H11N3. The van der Waals surface area contributed by atoms with Gasteiger partial charge in [-0.2, -0.15) is 5.26 Å². The summed E-state index contributed by atoms with van der Waals surface area (Å²) in [5.41, 5.74) is 1.87. The molecule has 0 spiro atoms. The summed E-state index contributed by atoms with van der Waals surface area (Å²) in [5.74, 6) is 0. The molecule has 0 aliphatic heterocycles. The Kier molecular flexibility index (Phi) is 2.78. The van der Waals surface area contributed by atoms with Crippen molar-refractivity contribution >= 4 is 0 Å². The predicted octanol–water partition coefficient (Wildman–Crippen LogP) is 1.17. The van der Waals surface area contributed by atoms with Crippen molar-refractivity contribution in [2.75, 3.05) is 7.05 Å². The molecule has 0 aliphatic rings. The van der Waals surface area contributed by atoms with Gasteiger partial charge in [0.05, 0.1) is 6.07 Å². The van der Waals surface area contributed by atoms with E-state index in [1.54, 1.807) is 13.2 Å². The zero-order valence-corrected chi connectivity index (χ0v) is 7.20. The molecule has 0 amide bonds. The van der Waals surface area contributed by atoms with Crippen molar-refractivity contribution in [3.8, 4) is 6.07 Å². The van der Waals surface area contributed by atoms with E-state index in [1.807, 2.05) is 19.1 Å². The lowest BCUT2D eigenvalue weighted by Gasteiger charge is -2.06. The third-order valence-electron chi connectivity index (χ3n) is 1.69. The first kappa shape index (κ1) is 8.69. The Balaban J connectivity index is 2.89. The first-order valence-electron chi connectivity index (χ1n) is 3.77. The van der Waals surface area contributed by atoms with Gasteiger partial charge in [0.2, 0.25) is 0 Å². The highest BCUT2D eigenvalue weighted by Crippen LogP contribution is 2.09. The van der Waals surface area contributed by atoms with E-state index in [-0.39, 0.29) is 6.04 Å². The zero-order chi connectivity index (χ0) is 8.97. The minimum atomic E-state index is -0.252. The molecule has 1 heterocycles. The maximum Gasteiger partial charge on any atom is 0.122 e. The van der Waals surface area contributed by atoms with Gasteiger partial charge in [0, 0.05) is 17.5 Å². The first-order valence-corrected chi connectivity index (χ1v) is 3.77. The van der Waals surface area contributed by atoms with Gasteiger partial charge in [-0.3, -0.25) is 4.98 Å². The van der Waals surface area contributed by atoms with E-state index in [2.05, 4.69) is 16.4 Å². The number of nitrogens with one attached hydrogen (secondary N) is 1. The Morgan fingerprint density at radius 3 is 2.75 bits per heavy atom. The van der Waals surface area contributed by atoms with Crippen molar-refractivity contribution in [3.63, 3.8) is 0 Å². The van der Waals surface area contributed by atoms with E-state index < -0.39 is 0 Å². The third-order valence-corrected chi connectivity index (χ3v) is 1.69. The average Bonchev–Trinajstić information content (AvgIpc) is 2.10. The molecule has 1 aromatic heterocycles.